The number of benzene rings is 10. The van der Waals surface area contributed by atoms with Gasteiger partial charge in [0, 0.05) is 51.8 Å². The molecule has 2 aliphatic carbocycles. The Morgan fingerprint density at radius 1 is 0.338 bits per heavy atom. The molecule has 5 heteroatoms. The second-order valence-corrected chi connectivity index (χ2v) is 22.1. The smallest absolute Gasteiger partial charge is 0.0465 e. The maximum Gasteiger partial charge on any atom is 0.0465 e. The Hall–Kier alpha value is -6.51. The molecular weight excluding hydrogens is 1110 g/mol. The van der Waals surface area contributed by atoms with Crippen LogP contribution in [0.15, 0.2) is 252 Å². The summed E-state index contributed by atoms with van der Waals surface area (Å²) in [5.74, 6) is 0. The van der Waals surface area contributed by atoms with Crippen LogP contribution in [0.25, 0.3) is 44.5 Å². The van der Waals surface area contributed by atoms with Crippen LogP contribution in [0.5, 0.6) is 0 Å². The highest BCUT2D eigenvalue weighted by Crippen LogP contribution is 2.51. The molecule has 0 unspecified atom stereocenters. The molecule has 2 aliphatic rings. The highest BCUT2D eigenvalue weighted by Gasteiger charge is 2.36. The van der Waals surface area contributed by atoms with Crippen molar-refractivity contribution < 1.29 is 0 Å². The monoisotopic (exact) mass is 1160 g/mol. The van der Waals surface area contributed by atoms with Crippen LogP contribution in [0.2, 0.25) is 0 Å². The molecule has 10 aromatic rings. The molecule has 0 saturated carbocycles. The zero-order valence-corrected chi connectivity index (χ0v) is 45.5. The number of rotatable bonds is 7. The molecule has 0 fully saturated rings. The SMILES string of the molecule is Brc1ccc(I)cc1.CC1(C)c2ccccc2-c2ccc(N(c3ccc(Br)cc3)c3ccc(-c4ccccc4)cc3)cc21.CC1(C)c2ccccc2-c2ccc(Nc3ccc(-c4ccccc4)cc3)cc21. The average molecular weight is 1160 g/mol. The van der Waals surface area contributed by atoms with Crippen molar-refractivity contribution in [3.05, 3.63) is 277 Å². The fourth-order valence-electron chi connectivity index (χ4n) is 10.1. The summed E-state index contributed by atoms with van der Waals surface area (Å²) in [5.41, 5.74) is 21.6. The molecular formula is C66H53Br2IN2. The molecule has 10 aromatic carbocycles. The van der Waals surface area contributed by atoms with Crippen LogP contribution in [0.1, 0.15) is 49.9 Å². The average Bonchev–Trinajstić information content (AvgIpc) is 3.78. The van der Waals surface area contributed by atoms with E-state index >= 15 is 0 Å². The topological polar surface area (TPSA) is 15.3 Å². The number of hydrogen-bond donors (Lipinski definition) is 1. The summed E-state index contributed by atoms with van der Waals surface area (Å²) in [6, 6.07) is 86.5. The summed E-state index contributed by atoms with van der Waals surface area (Å²) < 4.78 is 3.48. The van der Waals surface area contributed by atoms with Crippen LogP contribution in [0, 0.1) is 3.57 Å². The van der Waals surface area contributed by atoms with E-state index in [1.807, 2.05) is 18.2 Å². The fourth-order valence-corrected chi connectivity index (χ4v) is 10.9. The van der Waals surface area contributed by atoms with E-state index in [2.05, 4.69) is 317 Å². The lowest BCUT2D eigenvalue weighted by atomic mass is 9.82. The van der Waals surface area contributed by atoms with Crippen LogP contribution in [-0.2, 0) is 10.8 Å². The van der Waals surface area contributed by atoms with Crippen molar-refractivity contribution in [2.24, 2.45) is 0 Å². The molecule has 71 heavy (non-hydrogen) atoms. The van der Waals surface area contributed by atoms with Gasteiger partial charge in [0.1, 0.15) is 0 Å². The van der Waals surface area contributed by atoms with E-state index in [9.17, 15) is 0 Å². The molecule has 0 bridgehead atoms. The molecule has 0 aliphatic heterocycles. The molecule has 0 radical (unpaired) electrons. The minimum Gasteiger partial charge on any atom is -0.356 e. The van der Waals surface area contributed by atoms with Crippen molar-refractivity contribution in [3.8, 4) is 44.5 Å². The van der Waals surface area contributed by atoms with Gasteiger partial charge in [-0.2, -0.15) is 0 Å². The molecule has 0 atom stereocenters. The van der Waals surface area contributed by atoms with Crippen LogP contribution in [0.3, 0.4) is 0 Å². The number of nitrogens with zero attached hydrogens (tertiary/aromatic N) is 1. The third-order valence-corrected chi connectivity index (χ3v) is 15.6. The van der Waals surface area contributed by atoms with E-state index in [4.69, 9.17) is 0 Å². The van der Waals surface area contributed by atoms with E-state index in [1.54, 1.807) is 0 Å². The molecule has 0 amide bonds. The predicted octanol–water partition coefficient (Wildman–Crippen LogP) is 20.3. The highest BCUT2D eigenvalue weighted by molar-refractivity contribution is 14.1. The Morgan fingerprint density at radius 2 is 0.704 bits per heavy atom. The quantitative estimate of drug-likeness (QED) is 0.160. The van der Waals surface area contributed by atoms with E-state index in [0.717, 1.165) is 31.7 Å². The maximum absolute atomic E-state index is 3.60. The molecule has 2 nitrogen and oxygen atoms in total. The first-order valence-electron chi connectivity index (χ1n) is 24.0. The summed E-state index contributed by atoms with van der Waals surface area (Å²) in [7, 11) is 0. The normalized spacial score (nSPS) is 12.9. The standard InChI is InChI=1S/C33H26BrN.C27H23N.C6H4BrI/c1-33(2)31-11-7-6-10-29(31)30-21-20-28(22-32(30)33)35(27-18-14-25(34)15-19-27)26-16-12-24(13-17-26)23-8-4-3-5-9-23;1-27(2)25-11-7-6-10-23(25)24-17-16-22(18-26(24)27)28-21-14-12-20(13-15-21)19-8-4-3-5-9-19;7-5-1-3-6(8)4-2-5/h3-22H,1-2H3;3-18,28H,1-2H3;1-4H. The zero-order valence-electron chi connectivity index (χ0n) is 40.2. The zero-order chi connectivity index (χ0) is 49.1. The maximum atomic E-state index is 3.60. The van der Waals surface area contributed by atoms with Gasteiger partial charge in [-0.05, 0) is 186 Å². The van der Waals surface area contributed by atoms with Crippen LogP contribution in [-0.4, -0.2) is 0 Å². The van der Waals surface area contributed by atoms with Crippen molar-refractivity contribution in [3.63, 3.8) is 0 Å². The minimum absolute atomic E-state index is 0.0286. The summed E-state index contributed by atoms with van der Waals surface area (Å²) in [5, 5.41) is 3.58. The van der Waals surface area contributed by atoms with E-state index in [1.165, 1.54) is 76.0 Å². The lowest BCUT2D eigenvalue weighted by Crippen LogP contribution is -2.16. The van der Waals surface area contributed by atoms with Gasteiger partial charge in [-0.3, -0.25) is 0 Å². The van der Waals surface area contributed by atoms with E-state index < -0.39 is 0 Å². The van der Waals surface area contributed by atoms with Crippen molar-refractivity contribution in [1.82, 2.24) is 0 Å². The Balaban J connectivity index is 0.000000144. The van der Waals surface area contributed by atoms with Gasteiger partial charge in [-0.1, -0.05) is 205 Å². The van der Waals surface area contributed by atoms with E-state index in [-0.39, 0.29) is 10.8 Å². The largest absolute Gasteiger partial charge is 0.356 e. The van der Waals surface area contributed by atoms with Gasteiger partial charge in [0.05, 0.1) is 0 Å². The molecule has 12 rings (SSSR count). The van der Waals surface area contributed by atoms with Crippen molar-refractivity contribution in [2.75, 3.05) is 10.2 Å². The van der Waals surface area contributed by atoms with Gasteiger partial charge < -0.3 is 10.2 Å². The second kappa shape index (κ2) is 20.7. The van der Waals surface area contributed by atoms with Crippen molar-refractivity contribution in [1.29, 1.82) is 0 Å². The van der Waals surface area contributed by atoms with Crippen LogP contribution in [0.4, 0.5) is 28.4 Å². The molecule has 0 aromatic heterocycles. The minimum atomic E-state index is -0.0372. The summed E-state index contributed by atoms with van der Waals surface area (Å²) in [6.45, 7) is 9.30. The summed E-state index contributed by atoms with van der Waals surface area (Å²) >= 11 is 9.21. The van der Waals surface area contributed by atoms with Gasteiger partial charge >= 0.3 is 0 Å². The first kappa shape index (κ1) is 48.1. The van der Waals surface area contributed by atoms with Gasteiger partial charge in [0.25, 0.3) is 0 Å². The highest BCUT2D eigenvalue weighted by atomic mass is 127. The Bertz CT molecular complexity index is 3420. The first-order valence-corrected chi connectivity index (χ1v) is 26.6. The lowest BCUT2D eigenvalue weighted by molar-refractivity contribution is 0.660. The first-order chi connectivity index (χ1) is 34.4. The molecule has 348 valence electrons. The number of nitrogens with one attached hydrogen (secondary N) is 1. The van der Waals surface area contributed by atoms with E-state index in [0.29, 0.717) is 0 Å². The van der Waals surface area contributed by atoms with Crippen LogP contribution >= 0.6 is 54.5 Å². The van der Waals surface area contributed by atoms with Gasteiger partial charge in [0.2, 0.25) is 0 Å². The number of anilines is 5. The Kier molecular flexibility index (Phi) is 14.0. The number of hydrogen-bond acceptors (Lipinski definition) is 2. The number of halogens is 3. The van der Waals surface area contributed by atoms with Crippen LogP contribution < -0.4 is 10.2 Å². The fraction of sp³-hybridized carbons (Fsp3) is 0.0909. The molecule has 1 N–H and O–H groups in total. The van der Waals surface area contributed by atoms with Crippen molar-refractivity contribution in [2.45, 2.75) is 38.5 Å². The Labute approximate surface area is 449 Å². The second-order valence-electron chi connectivity index (χ2n) is 19.1. The molecule has 0 heterocycles. The third-order valence-electron chi connectivity index (χ3n) is 13.8. The Morgan fingerprint density at radius 3 is 1.21 bits per heavy atom. The van der Waals surface area contributed by atoms with Crippen molar-refractivity contribution >= 4 is 82.9 Å². The predicted molar refractivity (Wildman–Crippen MR) is 318 cm³/mol. The summed E-state index contributed by atoms with van der Waals surface area (Å²) in [4.78, 5) is 2.35. The third kappa shape index (κ3) is 10.2. The van der Waals surface area contributed by atoms with Gasteiger partial charge in [-0.25, -0.2) is 0 Å². The molecule has 0 spiro atoms. The summed E-state index contributed by atoms with van der Waals surface area (Å²) in [6.07, 6.45) is 0. The molecule has 0 saturated heterocycles. The van der Waals surface area contributed by atoms with Gasteiger partial charge in [-0.15, -0.1) is 0 Å². The number of fused-ring (bicyclic) bond motifs is 6. The van der Waals surface area contributed by atoms with Gasteiger partial charge in [0.15, 0.2) is 0 Å². The lowest BCUT2D eigenvalue weighted by Gasteiger charge is -2.28.